The number of aromatic nitrogens is 1. The van der Waals surface area contributed by atoms with Crippen LogP contribution in [0, 0.1) is 6.92 Å². The summed E-state index contributed by atoms with van der Waals surface area (Å²) < 4.78 is 11.4. The van der Waals surface area contributed by atoms with E-state index in [1.54, 1.807) is 6.07 Å². The molecule has 0 spiro atoms. The molecule has 2 heterocycles. The number of pyridine rings is 1. The summed E-state index contributed by atoms with van der Waals surface area (Å²) in [7, 11) is -0.739. The molecule has 0 atom stereocenters. The summed E-state index contributed by atoms with van der Waals surface area (Å²) in [4.78, 5) is 6.48. The number of hydrogen-bond acceptors (Lipinski definition) is 5. The number of hydrogen-bond donors (Lipinski definition) is 2. The van der Waals surface area contributed by atoms with Gasteiger partial charge in [0, 0.05) is 41.1 Å². The fourth-order valence-electron chi connectivity index (χ4n) is 1.89. The molecule has 0 radical (unpaired) electrons. The Morgan fingerprint density at radius 1 is 1.50 bits per heavy atom. The molecule has 0 aromatic carbocycles. The lowest BCUT2D eigenvalue weighted by molar-refractivity contribution is 0.318. The molecule has 0 bridgehead atoms. The molecule has 0 amide bonds. The highest BCUT2D eigenvalue weighted by atomic mass is 32.2. The zero-order chi connectivity index (χ0) is 13.1. The van der Waals surface area contributed by atoms with Gasteiger partial charge < -0.3 is 15.8 Å². The Balaban J connectivity index is 2.36. The average molecular weight is 268 g/mol. The van der Waals surface area contributed by atoms with Crippen LogP contribution in [0.1, 0.15) is 11.3 Å². The van der Waals surface area contributed by atoms with E-state index in [1.807, 2.05) is 17.9 Å². The van der Waals surface area contributed by atoms with Gasteiger partial charge in [0.15, 0.2) is 5.84 Å². The number of anilines is 1. The van der Waals surface area contributed by atoms with Crippen LogP contribution in [0.3, 0.4) is 0 Å². The lowest BCUT2D eigenvalue weighted by atomic mass is 10.2. The molecule has 2 rings (SSSR count). The largest absolute Gasteiger partial charge is 0.409 e. The molecular weight excluding hydrogens is 252 g/mol. The first-order chi connectivity index (χ1) is 8.61. The van der Waals surface area contributed by atoms with E-state index in [9.17, 15) is 4.21 Å². The zero-order valence-corrected chi connectivity index (χ0v) is 11.0. The van der Waals surface area contributed by atoms with Crippen LogP contribution >= 0.6 is 0 Å². The highest BCUT2D eigenvalue weighted by molar-refractivity contribution is 7.85. The number of nitrogens with zero attached hydrogens (tertiary/aromatic N) is 3. The molecule has 1 aliphatic heterocycles. The Bertz CT molecular complexity index is 494. The van der Waals surface area contributed by atoms with Crippen molar-refractivity contribution >= 4 is 22.5 Å². The predicted molar refractivity (Wildman–Crippen MR) is 71.6 cm³/mol. The first kappa shape index (κ1) is 12.8. The van der Waals surface area contributed by atoms with Gasteiger partial charge in [0.25, 0.3) is 0 Å². The molecule has 7 heteroatoms. The Kier molecular flexibility index (Phi) is 3.81. The number of nitrogens with two attached hydrogens (primary N) is 1. The number of amidine groups is 1. The SMILES string of the molecule is Cc1ccc(C(N)=NO)c(N2CCS(=O)CC2)n1. The molecule has 1 aromatic rings. The molecule has 1 aromatic heterocycles. The van der Waals surface area contributed by atoms with E-state index in [0.717, 1.165) is 5.69 Å². The molecule has 98 valence electrons. The molecule has 1 aliphatic rings. The molecule has 0 aliphatic carbocycles. The summed E-state index contributed by atoms with van der Waals surface area (Å²) in [5.41, 5.74) is 7.13. The summed E-state index contributed by atoms with van der Waals surface area (Å²) in [6, 6.07) is 3.61. The summed E-state index contributed by atoms with van der Waals surface area (Å²) in [6.07, 6.45) is 0. The van der Waals surface area contributed by atoms with Gasteiger partial charge in [-0.3, -0.25) is 4.21 Å². The lowest BCUT2D eigenvalue weighted by Gasteiger charge is -2.29. The van der Waals surface area contributed by atoms with E-state index in [0.29, 0.717) is 36.0 Å². The van der Waals surface area contributed by atoms with Crippen molar-refractivity contribution in [3.8, 4) is 0 Å². The lowest BCUT2D eigenvalue weighted by Crippen LogP contribution is -2.39. The standard InChI is InChI=1S/C11H16N4O2S/c1-8-2-3-9(10(12)14-16)11(13-8)15-4-6-18(17)7-5-15/h2-3,16H,4-7H2,1H3,(H2,12,14). The molecule has 6 nitrogen and oxygen atoms in total. The minimum atomic E-state index is -0.739. The van der Waals surface area contributed by atoms with Crippen molar-refractivity contribution in [2.75, 3.05) is 29.5 Å². The van der Waals surface area contributed by atoms with Gasteiger partial charge in [-0.15, -0.1) is 0 Å². The van der Waals surface area contributed by atoms with Gasteiger partial charge in [-0.25, -0.2) is 4.98 Å². The van der Waals surface area contributed by atoms with Crippen LogP contribution < -0.4 is 10.6 Å². The number of oxime groups is 1. The zero-order valence-electron chi connectivity index (χ0n) is 10.2. The molecule has 1 fully saturated rings. The summed E-state index contributed by atoms with van der Waals surface area (Å²) in [5.74, 6) is 2.00. The van der Waals surface area contributed by atoms with Gasteiger partial charge in [0.05, 0.1) is 5.56 Å². The first-order valence-corrected chi connectivity index (χ1v) is 7.16. The van der Waals surface area contributed by atoms with E-state index < -0.39 is 10.8 Å². The van der Waals surface area contributed by atoms with Crippen LogP contribution in [-0.2, 0) is 10.8 Å². The Morgan fingerprint density at radius 2 is 2.17 bits per heavy atom. The molecule has 18 heavy (non-hydrogen) atoms. The van der Waals surface area contributed by atoms with Gasteiger partial charge in [0.2, 0.25) is 0 Å². The maximum Gasteiger partial charge on any atom is 0.173 e. The highest BCUT2D eigenvalue weighted by Crippen LogP contribution is 2.20. The number of rotatable bonds is 2. The molecular formula is C11H16N4O2S. The second-order valence-corrected chi connectivity index (χ2v) is 5.84. The Hall–Kier alpha value is -1.63. The predicted octanol–water partition coefficient (Wildman–Crippen LogP) is 0.0532. The van der Waals surface area contributed by atoms with Gasteiger partial charge >= 0.3 is 0 Å². The normalized spacial score (nSPS) is 18.1. The summed E-state index contributed by atoms with van der Waals surface area (Å²) in [6.45, 7) is 3.24. The van der Waals surface area contributed by atoms with E-state index in [4.69, 9.17) is 10.9 Å². The molecule has 1 saturated heterocycles. The van der Waals surface area contributed by atoms with Crippen LogP contribution in [0.15, 0.2) is 17.3 Å². The van der Waals surface area contributed by atoms with Crippen molar-refractivity contribution in [1.82, 2.24) is 4.98 Å². The first-order valence-electron chi connectivity index (χ1n) is 5.67. The summed E-state index contributed by atoms with van der Waals surface area (Å²) >= 11 is 0. The summed E-state index contributed by atoms with van der Waals surface area (Å²) in [5, 5.41) is 11.8. The van der Waals surface area contributed by atoms with Gasteiger partial charge in [0.1, 0.15) is 5.82 Å². The second kappa shape index (κ2) is 5.34. The minimum Gasteiger partial charge on any atom is -0.409 e. The number of aryl methyl sites for hydroxylation is 1. The smallest absolute Gasteiger partial charge is 0.173 e. The van der Waals surface area contributed by atoms with E-state index in [-0.39, 0.29) is 5.84 Å². The van der Waals surface area contributed by atoms with Crippen LogP contribution in [0.2, 0.25) is 0 Å². The average Bonchev–Trinajstić information content (AvgIpc) is 2.38. The monoisotopic (exact) mass is 268 g/mol. The van der Waals surface area contributed by atoms with Crippen LogP contribution in [0.5, 0.6) is 0 Å². The third kappa shape index (κ3) is 2.61. The minimum absolute atomic E-state index is 0.0456. The quantitative estimate of drug-likeness (QED) is 0.342. The van der Waals surface area contributed by atoms with Crippen LogP contribution in [0.4, 0.5) is 5.82 Å². The van der Waals surface area contributed by atoms with Crippen LogP contribution in [-0.4, -0.2) is 44.8 Å². The molecule has 0 saturated carbocycles. The highest BCUT2D eigenvalue weighted by Gasteiger charge is 2.20. The Labute approximate surface area is 108 Å². The third-order valence-electron chi connectivity index (χ3n) is 2.88. The van der Waals surface area contributed by atoms with Crippen molar-refractivity contribution in [1.29, 1.82) is 0 Å². The maximum atomic E-state index is 11.4. The Morgan fingerprint density at radius 3 is 2.78 bits per heavy atom. The second-order valence-electron chi connectivity index (χ2n) is 4.14. The molecule has 0 unspecified atom stereocenters. The van der Waals surface area contributed by atoms with Crippen molar-refractivity contribution < 1.29 is 9.42 Å². The fraction of sp³-hybridized carbons (Fsp3) is 0.455. The van der Waals surface area contributed by atoms with Crippen molar-refractivity contribution in [3.63, 3.8) is 0 Å². The van der Waals surface area contributed by atoms with Gasteiger partial charge in [-0.05, 0) is 19.1 Å². The van der Waals surface area contributed by atoms with E-state index in [1.165, 1.54) is 0 Å². The third-order valence-corrected chi connectivity index (χ3v) is 4.15. The van der Waals surface area contributed by atoms with Crippen molar-refractivity contribution in [2.24, 2.45) is 10.9 Å². The molecule has 3 N–H and O–H groups in total. The van der Waals surface area contributed by atoms with Crippen LogP contribution in [0.25, 0.3) is 0 Å². The van der Waals surface area contributed by atoms with E-state index in [2.05, 4.69) is 10.1 Å². The van der Waals surface area contributed by atoms with E-state index >= 15 is 0 Å². The van der Waals surface area contributed by atoms with Gasteiger partial charge in [-0.1, -0.05) is 5.16 Å². The fourth-order valence-corrected chi connectivity index (χ4v) is 2.94. The van der Waals surface area contributed by atoms with Crippen molar-refractivity contribution in [3.05, 3.63) is 23.4 Å². The maximum absolute atomic E-state index is 11.4. The van der Waals surface area contributed by atoms with Crippen molar-refractivity contribution in [2.45, 2.75) is 6.92 Å². The topological polar surface area (TPSA) is 91.8 Å². The van der Waals surface area contributed by atoms with Gasteiger partial charge in [-0.2, -0.15) is 0 Å².